The highest BCUT2D eigenvalue weighted by molar-refractivity contribution is 5.73. The molecule has 0 unspecified atom stereocenters. The highest BCUT2D eigenvalue weighted by Gasteiger charge is 2.26. The summed E-state index contributed by atoms with van der Waals surface area (Å²) in [6.07, 6.45) is 1.05. The molecule has 1 saturated heterocycles. The molecule has 0 spiro atoms. The van der Waals surface area contributed by atoms with Crippen molar-refractivity contribution in [3.05, 3.63) is 0 Å². The van der Waals surface area contributed by atoms with Crippen LogP contribution >= 0.6 is 0 Å². The number of carbonyl (C=O) groups is 1. The summed E-state index contributed by atoms with van der Waals surface area (Å²) in [4.78, 5) is 18.9. The first kappa shape index (κ1) is 13.3. The van der Waals surface area contributed by atoms with E-state index in [1.165, 1.54) is 0 Å². The number of rotatable bonds is 3. The lowest BCUT2D eigenvalue weighted by molar-refractivity contribution is -0.00764. The Kier molecular flexibility index (Phi) is 4.56. The van der Waals surface area contributed by atoms with Gasteiger partial charge in [0.1, 0.15) is 0 Å². The predicted octanol–water partition coefficient (Wildman–Crippen LogP) is 1.11. The summed E-state index contributed by atoms with van der Waals surface area (Å²) in [6, 6.07) is -0.165. The molecular weight excluding hydrogens is 206 g/mol. The third kappa shape index (κ3) is 3.64. The van der Waals surface area contributed by atoms with E-state index >= 15 is 0 Å². The Morgan fingerprint density at radius 3 is 2.69 bits per heavy atom. The molecule has 1 fully saturated rings. The standard InChI is InChI=1S/C11H23N3O2/c1-5-14(11(2,3)4)10(15)13-16-9-6-7-12-8-9/h9,12H,5-8H2,1-4H3,(H,13,15)/t9-/m1/s1. The van der Waals surface area contributed by atoms with E-state index in [-0.39, 0.29) is 17.7 Å². The second-order valence-electron chi connectivity index (χ2n) is 5.05. The minimum atomic E-state index is -0.184. The minimum absolute atomic E-state index is 0.0997. The maximum Gasteiger partial charge on any atom is 0.341 e. The summed E-state index contributed by atoms with van der Waals surface area (Å²) in [5, 5.41) is 3.18. The molecule has 2 N–H and O–H groups in total. The molecule has 0 radical (unpaired) electrons. The molecule has 0 aromatic rings. The molecular formula is C11H23N3O2. The number of nitrogens with zero attached hydrogens (tertiary/aromatic N) is 1. The van der Waals surface area contributed by atoms with Gasteiger partial charge < -0.3 is 10.2 Å². The molecule has 0 saturated carbocycles. The van der Waals surface area contributed by atoms with Crippen LogP contribution in [-0.2, 0) is 4.84 Å². The van der Waals surface area contributed by atoms with Crippen molar-refractivity contribution in [3.8, 4) is 0 Å². The lowest BCUT2D eigenvalue weighted by Gasteiger charge is -2.34. The fraction of sp³-hybridized carbons (Fsp3) is 0.909. The molecule has 1 aliphatic rings. The summed E-state index contributed by atoms with van der Waals surface area (Å²) < 4.78 is 0. The average molecular weight is 229 g/mol. The van der Waals surface area contributed by atoms with E-state index < -0.39 is 0 Å². The zero-order chi connectivity index (χ0) is 12.2. The third-order valence-corrected chi connectivity index (χ3v) is 2.70. The van der Waals surface area contributed by atoms with Crippen LogP contribution in [0.4, 0.5) is 4.79 Å². The number of amides is 2. The summed E-state index contributed by atoms with van der Waals surface area (Å²) >= 11 is 0. The lowest BCUT2D eigenvalue weighted by Crippen LogP contribution is -2.50. The van der Waals surface area contributed by atoms with Crippen LogP contribution in [0.2, 0.25) is 0 Å². The van der Waals surface area contributed by atoms with Crippen LogP contribution in [0.15, 0.2) is 0 Å². The highest BCUT2D eigenvalue weighted by Crippen LogP contribution is 2.12. The van der Waals surface area contributed by atoms with E-state index in [9.17, 15) is 4.79 Å². The van der Waals surface area contributed by atoms with Gasteiger partial charge in [-0.1, -0.05) is 0 Å². The largest absolute Gasteiger partial charge is 0.341 e. The van der Waals surface area contributed by atoms with Crippen LogP contribution in [0.1, 0.15) is 34.1 Å². The first-order valence-corrected chi connectivity index (χ1v) is 5.89. The van der Waals surface area contributed by atoms with Crippen LogP contribution in [0.5, 0.6) is 0 Å². The average Bonchev–Trinajstić information content (AvgIpc) is 2.65. The Labute approximate surface area is 97.5 Å². The normalized spacial score (nSPS) is 20.9. The van der Waals surface area contributed by atoms with Crippen molar-refractivity contribution in [1.82, 2.24) is 15.7 Å². The van der Waals surface area contributed by atoms with Crippen molar-refractivity contribution in [2.75, 3.05) is 19.6 Å². The maximum absolute atomic E-state index is 11.8. The van der Waals surface area contributed by atoms with E-state index in [2.05, 4.69) is 10.8 Å². The number of nitrogens with one attached hydrogen (secondary N) is 2. The molecule has 5 heteroatoms. The number of hydrogen-bond acceptors (Lipinski definition) is 3. The van der Waals surface area contributed by atoms with Crippen molar-refractivity contribution in [3.63, 3.8) is 0 Å². The number of urea groups is 1. The van der Waals surface area contributed by atoms with E-state index in [4.69, 9.17) is 4.84 Å². The van der Waals surface area contributed by atoms with Gasteiger partial charge in [-0.15, -0.1) is 0 Å². The van der Waals surface area contributed by atoms with E-state index in [1.807, 2.05) is 27.7 Å². The predicted molar refractivity (Wildman–Crippen MR) is 63.0 cm³/mol. The third-order valence-electron chi connectivity index (χ3n) is 2.70. The van der Waals surface area contributed by atoms with Crippen molar-refractivity contribution < 1.29 is 9.63 Å². The minimum Gasteiger partial charge on any atom is -0.318 e. The smallest absolute Gasteiger partial charge is 0.318 e. The van der Waals surface area contributed by atoms with Gasteiger partial charge in [-0.25, -0.2) is 10.3 Å². The number of carbonyl (C=O) groups excluding carboxylic acids is 1. The van der Waals surface area contributed by atoms with Crippen LogP contribution in [0, 0.1) is 0 Å². The molecule has 5 nitrogen and oxygen atoms in total. The first-order valence-electron chi connectivity index (χ1n) is 5.89. The molecule has 16 heavy (non-hydrogen) atoms. The topological polar surface area (TPSA) is 53.6 Å². The first-order chi connectivity index (χ1) is 7.45. The van der Waals surface area contributed by atoms with Gasteiger partial charge >= 0.3 is 6.03 Å². The fourth-order valence-corrected chi connectivity index (χ4v) is 1.84. The van der Waals surface area contributed by atoms with Crippen molar-refractivity contribution in [1.29, 1.82) is 0 Å². The molecule has 94 valence electrons. The molecule has 0 aromatic carbocycles. The summed E-state index contributed by atoms with van der Waals surface area (Å²) in [5.41, 5.74) is 2.34. The van der Waals surface area contributed by atoms with Gasteiger partial charge in [-0.05, 0) is 40.7 Å². The molecule has 1 aliphatic heterocycles. The van der Waals surface area contributed by atoms with Gasteiger partial charge in [-0.2, -0.15) is 0 Å². The van der Waals surface area contributed by atoms with Crippen molar-refractivity contribution >= 4 is 6.03 Å². The van der Waals surface area contributed by atoms with Crippen LogP contribution < -0.4 is 10.8 Å². The molecule has 0 aliphatic carbocycles. The van der Waals surface area contributed by atoms with Gasteiger partial charge in [0.15, 0.2) is 0 Å². The Hall–Kier alpha value is -0.810. The fourth-order valence-electron chi connectivity index (χ4n) is 1.84. The van der Waals surface area contributed by atoms with Crippen LogP contribution in [-0.4, -0.2) is 42.2 Å². The molecule has 0 bridgehead atoms. The van der Waals surface area contributed by atoms with Gasteiger partial charge in [0.05, 0.1) is 6.10 Å². The zero-order valence-electron chi connectivity index (χ0n) is 10.7. The Bertz CT molecular complexity index is 232. The Morgan fingerprint density at radius 1 is 1.56 bits per heavy atom. The summed E-state index contributed by atoms with van der Waals surface area (Å²) in [5.74, 6) is 0. The monoisotopic (exact) mass is 229 g/mol. The molecule has 1 heterocycles. The van der Waals surface area contributed by atoms with E-state index in [0.29, 0.717) is 6.54 Å². The lowest BCUT2D eigenvalue weighted by atomic mass is 10.1. The van der Waals surface area contributed by atoms with Crippen molar-refractivity contribution in [2.24, 2.45) is 0 Å². The van der Waals surface area contributed by atoms with E-state index in [1.54, 1.807) is 4.90 Å². The van der Waals surface area contributed by atoms with Crippen LogP contribution in [0.3, 0.4) is 0 Å². The number of hydrogen-bond donors (Lipinski definition) is 2. The second kappa shape index (κ2) is 5.50. The second-order valence-corrected chi connectivity index (χ2v) is 5.05. The summed E-state index contributed by atoms with van der Waals surface area (Å²) in [7, 11) is 0. The Morgan fingerprint density at radius 2 is 2.25 bits per heavy atom. The van der Waals surface area contributed by atoms with Gasteiger partial charge in [0.2, 0.25) is 0 Å². The van der Waals surface area contributed by atoms with Gasteiger partial charge in [0.25, 0.3) is 0 Å². The highest BCUT2D eigenvalue weighted by atomic mass is 16.7. The number of hydroxylamine groups is 1. The van der Waals surface area contributed by atoms with Crippen LogP contribution in [0.25, 0.3) is 0 Å². The van der Waals surface area contributed by atoms with E-state index in [0.717, 1.165) is 19.5 Å². The Balaban J connectivity index is 2.37. The van der Waals surface area contributed by atoms with Gasteiger partial charge in [-0.3, -0.25) is 4.84 Å². The van der Waals surface area contributed by atoms with Crippen molar-refractivity contribution in [2.45, 2.75) is 45.8 Å². The quantitative estimate of drug-likeness (QED) is 0.713. The molecule has 2 amide bonds. The molecule has 1 atom stereocenters. The SMILES string of the molecule is CCN(C(=O)NO[C@@H]1CCNC1)C(C)(C)C. The summed E-state index contributed by atoms with van der Waals surface area (Å²) in [6.45, 7) is 10.4. The molecule has 1 rings (SSSR count). The molecule has 0 aromatic heterocycles. The van der Waals surface area contributed by atoms with Gasteiger partial charge in [0, 0.05) is 18.6 Å². The zero-order valence-corrected chi connectivity index (χ0v) is 10.7. The maximum atomic E-state index is 11.8.